The minimum Gasteiger partial charge on any atom is -0.481 e. The van der Waals surface area contributed by atoms with Gasteiger partial charge in [0.1, 0.15) is 0 Å². The summed E-state index contributed by atoms with van der Waals surface area (Å²) in [6.45, 7) is 18.3. The summed E-state index contributed by atoms with van der Waals surface area (Å²) in [6, 6.07) is 7.44. The maximum atomic E-state index is 13.1. The Labute approximate surface area is 269 Å². The fraction of sp³-hybridized carbons (Fsp3) is 0.692. The number of nitrogens with one attached hydrogen (secondary N) is 1. The van der Waals surface area contributed by atoms with Crippen molar-refractivity contribution in [3.05, 3.63) is 53.6 Å². The van der Waals surface area contributed by atoms with E-state index in [2.05, 4.69) is 52.6 Å². The first-order valence-electron chi connectivity index (χ1n) is 17.4. The third kappa shape index (κ3) is 4.55. The minimum atomic E-state index is -0.892. The molecule has 0 bridgehead atoms. The average molecular weight is 618 g/mol. The highest BCUT2D eigenvalue weighted by atomic mass is 16.4. The highest BCUT2D eigenvalue weighted by Gasteiger charge is 2.71. The van der Waals surface area contributed by atoms with Crippen LogP contribution in [0.25, 0.3) is 5.57 Å². The van der Waals surface area contributed by atoms with E-state index in [-0.39, 0.29) is 40.1 Å². The van der Waals surface area contributed by atoms with Crippen molar-refractivity contribution in [3.8, 4) is 0 Å². The molecule has 0 aromatic heterocycles. The van der Waals surface area contributed by atoms with Crippen LogP contribution in [0, 0.1) is 56.7 Å². The van der Waals surface area contributed by atoms with E-state index in [0.29, 0.717) is 36.4 Å². The molecule has 0 heterocycles. The van der Waals surface area contributed by atoms with Crippen LogP contribution in [0.4, 0.5) is 0 Å². The van der Waals surface area contributed by atoms with Gasteiger partial charge in [-0.05, 0) is 132 Å². The molecule has 4 saturated carbocycles. The second-order valence-electron chi connectivity index (χ2n) is 16.8. The molecule has 0 saturated heterocycles. The molecule has 0 aliphatic heterocycles. The third-order valence-electron chi connectivity index (χ3n) is 15.0. The summed E-state index contributed by atoms with van der Waals surface area (Å²) >= 11 is 0. The molecular formula is C39H55NO5. The molecule has 5 aliphatic carbocycles. The van der Waals surface area contributed by atoms with Crippen molar-refractivity contribution in [1.82, 2.24) is 5.32 Å². The van der Waals surface area contributed by atoms with Crippen molar-refractivity contribution in [1.29, 1.82) is 0 Å². The molecule has 5 aliphatic rings. The van der Waals surface area contributed by atoms with Gasteiger partial charge in [-0.3, -0.25) is 4.79 Å². The van der Waals surface area contributed by atoms with Crippen molar-refractivity contribution in [2.24, 2.45) is 56.7 Å². The molecule has 1 aromatic carbocycles. The summed E-state index contributed by atoms with van der Waals surface area (Å²) in [5.74, 6) is 0.264. The minimum absolute atomic E-state index is 0.0439. The van der Waals surface area contributed by atoms with Crippen LogP contribution in [0.5, 0.6) is 0 Å². The lowest BCUT2D eigenvalue weighted by atomic mass is 9.32. The fourth-order valence-electron chi connectivity index (χ4n) is 12.8. The summed E-state index contributed by atoms with van der Waals surface area (Å²) < 4.78 is 0. The van der Waals surface area contributed by atoms with Crippen molar-refractivity contribution in [2.45, 2.75) is 92.4 Å². The van der Waals surface area contributed by atoms with E-state index in [1.165, 1.54) is 5.57 Å². The second kappa shape index (κ2) is 11.1. The van der Waals surface area contributed by atoms with Crippen molar-refractivity contribution in [2.75, 3.05) is 19.7 Å². The summed E-state index contributed by atoms with van der Waals surface area (Å²) in [7, 11) is 0. The van der Waals surface area contributed by atoms with Crippen molar-refractivity contribution >= 4 is 17.5 Å². The number of hydrogen-bond donors (Lipinski definition) is 4. The van der Waals surface area contributed by atoms with Gasteiger partial charge in [-0.1, -0.05) is 65.0 Å². The molecule has 4 fully saturated rings. The molecule has 45 heavy (non-hydrogen) atoms. The number of benzene rings is 1. The molecule has 9 atom stereocenters. The summed E-state index contributed by atoms with van der Waals surface area (Å²) in [5.41, 5.74) is 3.55. The Bertz CT molecular complexity index is 1400. The number of hydrogen-bond acceptors (Lipinski definition) is 4. The number of aromatic carboxylic acids is 1. The predicted molar refractivity (Wildman–Crippen MR) is 178 cm³/mol. The van der Waals surface area contributed by atoms with E-state index >= 15 is 0 Å². The Kier molecular flexibility index (Phi) is 8.00. The first-order chi connectivity index (χ1) is 21.2. The lowest BCUT2D eigenvalue weighted by Crippen LogP contribution is -2.66. The molecule has 0 spiro atoms. The molecule has 1 aromatic rings. The van der Waals surface area contributed by atoms with Crippen LogP contribution in [0.1, 0.15) is 108 Å². The SMILES string of the molecule is C=C(CNCCO)[C@@H]1CC[C@]2(C(=O)O)CC[C@]3(C)[C@H](CC[C@@H]4[C@@]5(C)CC=C(c6ccc(C(=O)O)cc6)C(C)(C)[C@@H]5CC[C@]43C)C12. The van der Waals surface area contributed by atoms with Gasteiger partial charge in [-0.25, -0.2) is 4.79 Å². The lowest BCUT2D eigenvalue weighted by molar-refractivity contribution is -0.227. The zero-order valence-electron chi connectivity index (χ0n) is 28.1. The van der Waals surface area contributed by atoms with E-state index < -0.39 is 17.4 Å². The molecule has 0 radical (unpaired) electrons. The number of carbonyl (C=O) groups is 2. The highest BCUT2D eigenvalue weighted by molar-refractivity contribution is 5.88. The first kappa shape index (κ1) is 32.5. The van der Waals surface area contributed by atoms with Gasteiger partial charge < -0.3 is 20.6 Å². The zero-order valence-corrected chi connectivity index (χ0v) is 28.1. The first-order valence-corrected chi connectivity index (χ1v) is 17.4. The maximum Gasteiger partial charge on any atom is 0.335 e. The van der Waals surface area contributed by atoms with Crippen LogP contribution < -0.4 is 5.32 Å². The van der Waals surface area contributed by atoms with Crippen LogP contribution in [0.2, 0.25) is 0 Å². The van der Waals surface area contributed by atoms with Gasteiger partial charge in [-0.15, -0.1) is 0 Å². The van der Waals surface area contributed by atoms with E-state index in [4.69, 9.17) is 0 Å². The molecule has 4 N–H and O–H groups in total. The van der Waals surface area contributed by atoms with E-state index in [1.54, 1.807) is 12.1 Å². The number of aliphatic hydroxyl groups excluding tert-OH is 1. The zero-order chi connectivity index (χ0) is 32.6. The summed E-state index contributed by atoms with van der Waals surface area (Å²) in [6.07, 6.45) is 11.4. The van der Waals surface area contributed by atoms with Gasteiger partial charge in [0.25, 0.3) is 0 Å². The van der Waals surface area contributed by atoms with E-state index in [0.717, 1.165) is 68.9 Å². The second-order valence-corrected chi connectivity index (χ2v) is 16.8. The third-order valence-corrected chi connectivity index (χ3v) is 15.0. The predicted octanol–water partition coefficient (Wildman–Crippen LogP) is 7.68. The summed E-state index contributed by atoms with van der Waals surface area (Å²) in [5, 5.41) is 32.9. The summed E-state index contributed by atoms with van der Waals surface area (Å²) in [4.78, 5) is 24.6. The largest absolute Gasteiger partial charge is 0.481 e. The number of aliphatic hydroxyl groups is 1. The van der Waals surface area contributed by atoms with Crippen LogP contribution in [0.15, 0.2) is 42.5 Å². The number of carboxylic acid groups (broad SMARTS) is 2. The van der Waals surface area contributed by atoms with Crippen LogP contribution in [-0.2, 0) is 4.79 Å². The topological polar surface area (TPSA) is 107 Å². The average Bonchev–Trinajstić information content (AvgIpc) is 3.39. The lowest BCUT2D eigenvalue weighted by Gasteiger charge is -2.72. The van der Waals surface area contributed by atoms with Crippen molar-refractivity contribution in [3.63, 3.8) is 0 Å². The Morgan fingerprint density at radius 2 is 1.60 bits per heavy atom. The number of allylic oxidation sites excluding steroid dienone is 2. The molecular weight excluding hydrogens is 562 g/mol. The van der Waals surface area contributed by atoms with Gasteiger partial charge >= 0.3 is 11.9 Å². The molecule has 0 amide bonds. The van der Waals surface area contributed by atoms with Gasteiger partial charge in [0, 0.05) is 13.1 Å². The molecule has 1 unspecified atom stereocenters. The van der Waals surface area contributed by atoms with Crippen LogP contribution in [0.3, 0.4) is 0 Å². The monoisotopic (exact) mass is 617 g/mol. The number of rotatable bonds is 8. The standard InChI is InChI=1S/C39H55NO5/c1-24(23-40-21-22-41)27-13-18-39(34(44)45)20-19-37(5)29(32(27)39)11-12-31-36(4)16-14-28(25-7-9-26(10-8-25)33(42)43)35(2,3)30(36)15-17-38(31,37)6/h7-10,14,27,29-32,40-41H,1,11-13,15-23H2,2-6H3,(H,42,43)(H,44,45)/t27-,29+,30-,31+,32?,36-,37+,38+,39-/m0/s1. The van der Waals surface area contributed by atoms with Gasteiger partial charge in [0.15, 0.2) is 0 Å². The van der Waals surface area contributed by atoms with Crippen LogP contribution in [-0.4, -0.2) is 47.0 Å². The molecule has 6 heteroatoms. The normalized spacial score (nSPS) is 41.6. The molecule has 6 nitrogen and oxygen atoms in total. The van der Waals surface area contributed by atoms with E-state index in [9.17, 15) is 24.9 Å². The number of aliphatic carboxylic acids is 1. The molecule has 246 valence electrons. The fourth-order valence-corrected chi connectivity index (χ4v) is 12.8. The Hall–Kier alpha value is -2.44. The maximum absolute atomic E-state index is 13.1. The van der Waals surface area contributed by atoms with E-state index in [1.807, 2.05) is 12.1 Å². The van der Waals surface area contributed by atoms with Crippen LogP contribution >= 0.6 is 0 Å². The Balaban J connectivity index is 1.34. The highest BCUT2D eigenvalue weighted by Crippen LogP contribution is 2.77. The smallest absolute Gasteiger partial charge is 0.335 e. The molecule has 6 rings (SSSR count). The van der Waals surface area contributed by atoms with Crippen molar-refractivity contribution < 1.29 is 24.9 Å². The Morgan fingerprint density at radius 3 is 2.24 bits per heavy atom. The van der Waals surface area contributed by atoms with Gasteiger partial charge in [0.05, 0.1) is 17.6 Å². The number of carboxylic acids is 2. The Morgan fingerprint density at radius 1 is 0.889 bits per heavy atom. The van der Waals surface area contributed by atoms with Gasteiger partial charge in [0.2, 0.25) is 0 Å². The number of fused-ring (bicyclic) bond motifs is 7. The quantitative estimate of drug-likeness (QED) is 0.176. The van der Waals surface area contributed by atoms with Gasteiger partial charge in [-0.2, -0.15) is 0 Å².